The van der Waals surface area contributed by atoms with Gasteiger partial charge in [-0.3, -0.25) is 4.79 Å². The van der Waals surface area contributed by atoms with Crippen molar-refractivity contribution in [3.63, 3.8) is 0 Å². The van der Waals surface area contributed by atoms with E-state index in [4.69, 9.17) is 14.5 Å². The normalized spacial score (nSPS) is 16.9. The summed E-state index contributed by atoms with van der Waals surface area (Å²) in [5.41, 5.74) is 4.37. The van der Waals surface area contributed by atoms with E-state index < -0.39 is 0 Å². The van der Waals surface area contributed by atoms with Crippen molar-refractivity contribution >= 4 is 16.9 Å². The number of fused-ring (bicyclic) bond motifs is 1. The van der Waals surface area contributed by atoms with Gasteiger partial charge in [0, 0.05) is 43.4 Å². The number of hydrogen-bond donors (Lipinski definition) is 1. The minimum absolute atomic E-state index is 0.0415. The third-order valence-corrected chi connectivity index (χ3v) is 5.47. The molecule has 30 heavy (non-hydrogen) atoms. The Kier molecular flexibility index (Phi) is 6.35. The summed E-state index contributed by atoms with van der Waals surface area (Å²) in [6, 6.07) is 5.60. The first-order chi connectivity index (χ1) is 14.7. The highest BCUT2D eigenvalue weighted by Gasteiger charge is 2.28. The summed E-state index contributed by atoms with van der Waals surface area (Å²) in [5, 5.41) is 0. The second-order valence-electron chi connectivity index (χ2n) is 7.60. The summed E-state index contributed by atoms with van der Waals surface area (Å²) in [5.74, 6) is 0.944. The average molecular weight is 409 g/mol. The number of aromatic nitrogens is 4. The van der Waals surface area contributed by atoms with Crippen LogP contribution in [0.1, 0.15) is 46.2 Å². The van der Waals surface area contributed by atoms with Gasteiger partial charge in [0.15, 0.2) is 0 Å². The number of rotatable bonds is 7. The number of methoxy groups -OCH3 is 1. The molecule has 1 aliphatic rings. The molecule has 2 aromatic heterocycles. The number of likely N-dealkylation sites (tertiary alicyclic amines) is 1. The van der Waals surface area contributed by atoms with Gasteiger partial charge in [-0.05, 0) is 38.0 Å². The van der Waals surface area contributed by atoms with Crippen molar-refractivity contribution in [1.82, 2.24) is 24.8 Å². The maximum atomic E-state index is 13.2. The maximum Gasteiger partial charge on any atom is 0.253 e. The number of hydrogen-bond acceptors (Lipinski definition) is 6. The van der Waals surface area contributed by atoms with Gasteiger partial charge in [0.1, 0.15) is 5.82 Å². The zero-order valence-electron chi connectivity index (χ0n) is 17.4. The van der Waals surface area contributed by atoms with Crippen LogP contribution < -0.4 is 0 Å². The number of carbonyl (C=O) groups is 1. The number of nitrogens with one attached hydrogen (secondary N) is 1. The van der Waals surface area contributed by atoms with Gasteiger partial charge < -0.3 is 19.4 Å². The highest BCUT2D eigenvalue weighted by molar-refractivity contribution is 5.97. The summed E-state index contributed by atoms with van der Waals surface area (Å²) in [7, 11) is 1.65. The maximum absolute atomic E-state index is 13.2. The Morgan fingerprint density at radius 2 is 2.20 bits per heavy atom. The topological polar surface area (TPSA) is 93.2 Å². The third kappa shape index (κ3) is 4.49. The van der Waals surface area contributed by atoms with Crippen LogP contribution in [-0.2, 0) is 16.1 Å². The van der Waals surface area contributed by atoms with Gasteiger partial charge in [-0.1, -0.05) is 0 Å². The lowest BCUT2D eigenvalue weighted by molar-refractivity contribution is 0.0602. The third-order valence-electron chi connectivity index (χ3n) is 5.47. The van der Waals surface area contributed by atoms with Crippen LogP contribution in [0.25, 0.3) is 11.0 Å². The Bertz CT molecular complexity index is 1020. The SMILES string of the molecule is COCCOCc1cnc(C)nc1C1CCCN(C(=O)c2ccc3nc[nH]c3c2)C1. The molecule has 4 rings (SSSR count). The van der Waals surface area contributed by atoms with E-state index in [1.165, 1.54) is 0 Å². The molecule has 0 spiro atoms. The molecular formula is C22H27N5O3. The average Bonchev–Trinajstić information content (AvgIpc) is 3.25. The molecule has 1 saturated heterocycles. The molecule has 1 unspecified atom stereocenters. The van der Waals surface area contributed by atoms with Crippen molar-refractivity contribution in [2.24, 2.45) is 0 Å². The standard InChI is InChI=1S/C22H27N5O3/c1-15-23-11-18(13-30-9-8-29-2)21(26-15)17-4-3-7-27(12-17)22(28)16-5-6-19-20(10-16)25-14-24-19/h5-6,10-11,14,17H,3-4,7-9,12-13H2,1-2H3,(H,24,25). The molecule has 8 heteroatoms. The van der Waals surface area contributed by atoms with E-state index in [0.29, 0.717) is 31.9 Å². The van der Waals surface area contributed by atoms with Gasteiger partial charge in [0.05, 0.1) is 42.9 Å². The van der Waals surface area contributed by atoms with E-state index in [2.05, 4.69) is 15.0 Å². The van der Waals surface area contributed by atoms with Crippen molar-refractivity contribution in [2.45, 2.75) is 32.3 Å². The molecule has 0 saturated carbocycles. The minimum Gasteiger partial charge on any atom is -0.382 e. The zero-order valence-corrected chi connectivity index (χ0v) is 17.4. The first-order valence-electron chi connectivity index (χ1n) is 10.3. The first-order valence-corrected chi connectivity index (χ1v) is 10.3. The van der Waals surface area contributed by atoms with Gasteiger partial charge in [0.25, 0.3) is 5.91 Å². The molecule has 3 aromatic rings. The Labute approximate surface area is 175 Å². The summed E-state index contributed by atoms with van der Waals surface area (Å²) < 4.78 is 10.8. The number of imidazole rings is 1. The van der Waals surface area contributed by atoms with Crippen molar-refractivity contribution < 1.29 is 14.3 Å². The molecule has 158 valence electrons. The highest BCUT2D eigenvalue weighted by atomic mass is 16.5. The fraction of sp³-hybridized carbons (Fsp3) is 0.455. The molecular weight excluding hydrogens is 382 g/mol. The van der Waals surface area contributed by atoms with E-state index in [0.717, 1.165) is 47.5 Å². The van der Waals surface area contributed by atoms with E-state index in [-0.39, 0.29) is 11.8 Å². The second kappa shape index (κ2) is 9.32. The number of benzene rings is 1. The Hall–Kier alpha value is -2.84. The number of carbonyl (C=O) groups excluding carboxylic acids is 1. The lowest BCUT2D eigenvalue weighted by Gasteiger charge is -2.33. The predicted molar refractivity (Wildman–Crippen MR) is 112 cm³/mol. The van der Waals surface area contributed by atoms with Gasteiger partial charge >= 0.3 is 0 Å². The van der Waals surface area contributed by atoms with Crippen LogP contribution in [0.3, 0.4) is 0 Å². The van der Waals surface area contributed by atoms with Crippen LogP contribution in [0.15, 0.2) is 30.7 Å². The quantitative estimate of drug-likeness (QED) is 0.603. The second-order valence-corrected chi connectivity index (χ2v) is 7.60. The van der Waals surface area contributed by atoms with Crippen molar-refractivity contribution in [2.75, 3.05) is 33.4 Å². The molecule has 1 N–H and O–H groups in total. The molecule has 0 bridgehead atoms. The fourth-order valence-corrected chi connectivity index (χ4v) is 3.94. The molecule has 0 aliphatic carbocycles. The molecule has 0 radical (unpaired) electrons. The van der Waals surface area contributed by atoms with Gasteiger partial charge in [-0.25, -0.2) is 15.0 Å². The van der Waals surface area contributed by atoms with Crippen LogP contribution in [-0.4, -0.2) is 64.2 Å². The minimum atomic E-state index is 0.0415. The van der Waals surface area contributed by atoms with Gasteiger partial charge in [-0.15, -0.1) is 0 Å². The Morgan fingerprint density at radius 1 is 1.30 bits per heavy atom. The molecule has 1 atom stereocenters. The van der Waals surface area contributed by atoms with Crippen molar-refractivity contribution in [1.29, 1.82) is 0 Å². The molecule has 1 fully saturated rings. The molecule has 3 heterocycles. The Morgan fingerprint density at radius 3 is 3.07 bits per heavy atom. The van der Waals surface area contributed by atoms with Crippen LogP contribution in [0.5, 0.6) is 0 Å². The number of aryl methyl sites for hydroxylation is 1. The summed E-state index contributed by atoms with van der Waals surface area (Å²) in [6.07, 6.45) is 5.42. The van der Waals surface area contributed by atoms with Crippen molar-refractivity contribution in [3.8, 4) is 0 Å². The Balaban J connectivity index is 1.50. The van der Waals surface area contributed by atoms with E-state index in [1.54, 1.807) is 13.4 Å². The number of piperidine rings is 1. The first kappa shape index (κ1) is 20.4. The molecule has 1 amide bonds. The number of amides is 1. The summed E-state index contributed by atoms with van der Waals surface area (Å²) in [6.45, 7) is 4.80. The van der Waals surface area contributed by atoms with Crippen LogP contribution in [0.4, 0.5) is 0 Å². The highest BCUT2D eigenvalue weighted by Crippen LogP contribution is 2.29. The lowest BCUT2D eigenvalue weighted by Crippen LogP contribution is -2.39. The number of aromatic amines is 1. The molecule has 1 aromatic carbocycles. The smallest absolute Gasteiger partial charge is 0.253 e. The summed E-state index contributed by atoms with van der Waals surface area (Å²) in [4.78, 5) is 31.5. The van der Waals surface area contributed by atoms with Crippen molar-refractivity contribution in [3.05, 3.63) is 53.4 Å². The zero-order chi connectivity index (χ0) is 20.9. The summed E-state index contributed by atoms with van der Waals surface area (Å²) >= 11 is 0. The lowest BCUT2D eigenvalue weighted by atomic mass is 9.91. The van der Waals surface area contributed by atoms with E-state index in [9.17, 15) is 4.79 Å². The number of ether oxygens (including phenoxy) is 2. The molecule has 8 nitrogen and oxygen atoms in total. The van der Waals surface area contributed by atoms with E-state index >= 15 is 0 Å². The number of nitrogens with zero attached hydrogens (tertiary/aromatic N) is 4. The molecule has 1 aliphatic heterocycles. The monoisotopic (exact) mass is 409 g/mol. The fourth-order valence-electron chi connectivity index (χ4n) is 3.94. The van der Waals surface area contributed by atoms with Crippen LogP contribution in [0.2, 0.25) is 0 Å². The number of H-pyrrole nitrogens is 1. The largest absolute Gasteiger partial charge is 0.382 e. The van der Waals surface area contributed by atoms with Crippen LogP contribution in [0, 0.1) is 6.92 Å². The van der Waals surface area contributed by atoms with E-state index in [1.807, 2.05) is 36.2 Å². The predicted octanol–water partition coefficient (Wildman–Crippen LogP) is 2.84. The van der Waals surface area contributed by atoms with Gasteiger partial charge in [-0.2, -0.15) is 0 Å². The van der Waals surface area contributed by atoms with Gasteiger partial charge in [0.2, 0.25) is 0 Å². The van der Waals surface area contributed by atoms with Crippen LogP contribution >= 0.6 is 0 Å².